The van der Waals surface area contributed by atoms with Crippen LogP contribution < -0.4 is 15.1 Å². The first-order chi connectivity index (χ1) is 17.6. The van der Waals surface area contributed by atoms with Crippen molar-refractivity contribution in [3.8, 4) is 11.5 Å². The van der Waals surface area contributed by atoms with E-state index in [1.54, 1.807) is 23.6 Å². The predicted molar refractivity (Wildman–Crippen MR) is 136 cm³/mol. The second kappa shape index (κ2) is 9.80. The van der Waals surface area contributed by atoms with Crippen molar-refractivity contribution in [1.82, 2.24) is 19.9 Å². The number of hydrogen-bond acceptors (Lipinski definition) is 11. The average molecular weight is 508 g/mol. The number of thiazole rings is 1. The maximum absolute atomic E-state index is 13.2. The van der Waals surface area contributed by atoms with E-state index in [1.807, 2.05) is 19.1 Å². The SMILES string of the molecule is Cc1cc(-c2nc(C(=O)Nc3cc4sc(N5CCOCC5)nc4nc3N3CCOCC3)co2)ccn1. The van der Waals surface area contributed by atoms with Crippen molar-refractivity contribution in [2.45, 2.75) is 6.92 Å². The third-order valence-corrected chi connectivity index (χ3v) is 7.12. The number of nitrogens with zero attached hydrogens (tertiary/aromatic N) is 6. The minimum absolute atomic E-state index is 0.186. The number of amides is 1. The van der Waals surface area contributed by atoms with Crippen molar-refractivity contribution >= 4 is 44.2 Å². The van der Waals surface area contributed by atoms with Gasteiger partial charge in [-0.05, 0) is 25.1 Å². The van der Waals surface area contributed by atoms with Gasteiger partial charge in [0.05, 0.1) is 36.8 Å². The molecule has 36 heavy (non-hydrogen) atoms. The van der Waals surface area contributed by atoms with Crippen molar-refractivity contribution in [1.29, 1.82) is 0 Å². The molecule has 2 aliphatic rings. The Morgan fingerprint density at radius 2 is 1.75 bits per heavy atom. The first kappa shape index (κ1) is 22.8. The maximum Gasteiger partial charge on any atom is 0.277 e. The first-order valence-corrected chi connectivity index (χ1v) is 12.6. The quantitative estimate of drug-likeness (QED) is 0.432. The van der Waals surface area contributed by atoms with Gasteiger partial charge in [0, 0.05) is 43.6 Å². The molecule has 12 heteroatoms. The monoisotopic (exact) mass is 507 g/mol. The van der Waals surface area contributed by atoms with Crippen LogP contribution in [0.5, 0.6) is 0 Å². The van der Waals surface area contributed by atoms with E-state index in [1.165, 1.54) is 6.26 Å². The van der Waals surface area contributed by atoms with E-state index in [0.717, 1.165) is 34.2 Å². The fourth-order valence-corrected chi connectivity index (χ4v) is 5.22. The van der Waals surface area contributed by atoms with Crippen LogP contribution in [0.1, 0.15) is 16.2 Å². The summed E-state index contributed by atoms with van der Waals surface area (Å²) in [6, 6.07) is 5.60. The van der Waals surface area contributed by atoms with Crippen LogP contribution in [0, 0.1) is 6.92 Å². The van der Waals surface area contributed by atoms with E-state index in [4.69, 9.17) is 23.9 Å². The number of pyridine rings is 2. The molecule has 4 aromatic heterocycles. The molecular weight excluding hydrogens is 482 g/mol. The molecule has 0 unspecified atom stereocenters. The topological polar surface area (TPSA) is 119 Å². The van der Waals surface area contributed by atoms with E-state index in [0.29, 0.717) is 62.6 Å². The van der Waals surface area contributed by atoms with Crippen molar-refractivity contribution in [3.63, 3.8) is 0 Å². The molecule has 0 radical (unpaired) electrons. The highest BCUT2D eigenvalue weighted by molar-refractivity contribution is 7.22. The third-order valence-electron chi connectivity index (χ3n) is 6.07. The fourth-order valence-electron chi connectivity index (χ4n) is 4.22. The summed E-state index contributed by atoms with van der Waals surface area (Å²) in [5, 5.41) is 3.92. The molecule has 2 saturated heterocycles. The summed E-state index contributed by atoms with van der Waals surface area (Å²) in [6.45, 7) is 7.40. The molecule has 0 atom stereocenters. The minimum atomic E-state index is -0.371. The van der Waals surface area contributed by atoms with Crippen LogP contribution in [0.15, 0.2) is 35.1 Å². The largest absolute Gasteiger partial charge is 0.444 e. The van der Waals surface area contributed by atoms with Crippen LogP contribution in [0.25, 0.3) is 21.8 Å². The van der Waals surface area contributed by atoms with Gasteiger partial charge in [-0.2, -0.15) is 4.98 Å². The highest BCUT2D eigenvalue weighted by Gasteiger charge is 2.23. The molecule has 0 spiro atoms. The number of hydrogen-bond donors (Lipinski definition) is 1. The molecule has 0 saturated carbocycles. The smallest absolute Gasteiger partial charge is 0.277 e. The molecular formula is C24H25N7O4S. The Hall–Kier alpha value is -3.61. The number of rotatable bonds is 5. The van der Waals surface area contributed by atoms with Gasteiger partial charge in [-0.3, -0.25) is 9.78 Å². The zero-order chi connectivity index (χ0) is 24.5. The van der Waals surface area contributed by atoms with E-state index in [-0.39, 0.29) is 11.6 Å². The van der Waals surface area contributed by atoms with Gasteiger partial charge in [0.25, 0.3) is 5.91 Å². The number of oxazole rings is 1. The summed E-state index contributed by atoms with van der Waals surface area (Å²) in [4.78, 5) is 35.8. The maximum atomic E-state index is 13.2. The molecule has 0 aromatic carbocycles. The lowest BCUT2D eigenvalue weighted by molar-refractivity contribution is 0.102. The van der Waals surface area contributed by atoms with Crippen LogP contribution >= 0.6 is 11.3 Å². The number of nitrogens with one attached hydrogen (secondary N) is 1. The lowest BCUT2D eigenvalue weighted by Crippen LogP contribution is -2.37. The van der Waals surface area contributed by atoms with Crippen molar-refractivity contribution < 1.29 is 18.7 Å². The molecule has 1 amide bonds. The Morgan fingerprint density at radius 3 is 2.50 bits per heavy atom. The summed E-state index contributed by atoms with van der Waals surface area (Å²) in [5.41, 5.74) is 3.06. The number of ether oxygens (including phenoxy) is 2. The molecule has 0 bridgehead atoms. The molecule has 6 heterocycles. The van der Waals surface area contributed by atoms with Crippen LogP contribution in [0.4, 0.5) is 16.6 Å². The summed E-state index contributed by atoms with van der Waals surface area (Å²) in [7, 11) is 0. The highest BCUT2D eigenvalue weighted by Crippen LogP contribution is 2.35. The van der Waals surface area contributed by atoms with E-state index < -0.39 is 0 Å². The predicted octanol–water partition coefficient (Wildman–Crippen LogP) is 2.98. The van der Waals surface area contributed by atoms with Gasteiger partial charge in [0.1, 0.15) is 6.26 Å². The van der Waals surface area contributed by atoms with Crippen LogP contribution in [0.3, 0.4) is 0 Å². The zero-order valence-electron chi connectivity index (χ0n) is 19.8. The van der Waals surface area contributed by atoms with Gasteiger partial charge in [-0.15, -0.1) is 0 Å². The van der Waals surface area contributed by atoms with E-state index >= 15 is 0 Å². The number of aromatic nitrogens is 4. The third kappa shape index (κ3) is 4.62. The number of aryl methyl sites for hydroxylation is 1. The Morgan fingerprint density at radius 1 is 1.00 bits per heavy atom. The summed E-state index contributed by atoms with van der Waals surface area (Å²) in [6.07, 6.45) is 3.05. The van der Waals surface area contributed by atoms with Gasteiger partial charge < -0.3 is 29.0 Å². The van der Waals surface area contributed by atoms with Crippen molar-refractivity contribution in [3.05, 3.63) is 42.0 Å². The van der Waals surface area contributed by atoms with Crippen LogP contribution in [-0.4, -0.2) is 78.4 Å². The molecule has 2 aliphatic heterocycles. The summed E-state index contributed by atoms with van der Waals surface area (Å²) in [5.74, 6) is 0.668. The average Bonchev–Trinajstić information content (AvgIpc) is 3.57. The number of carbonyl (C=O) groups excluding carboxylic acids is 1. The zero-order valence-corrected chi connectivity index (χ0v) is 20.6. The van der Waals surface area contributed by atoms with Crippen LogP contribution in [0.2, 0.25) is 0 Å². The lowest BCUT2D eigenvalue weighted by Gasteiger charge is -2.29. The number of carbonyl (C=O) groups is 1. The van der Waals surface area contributed by atoms with Gasteiger partial charge in [0.15, 0.2) is 22.3 Å². The Labute approximate surface area is 211 Å². The second-order valence-corrected chi connectivity index (χ2v) is 9.56. The fraction of sp³-hybridized carbons (Fsp3) is 0.375. The standard InChI is InChI=1S/C24H25N7O4S/c1-15-12-16(2-3-25-15)23-27-18(14-35-23)22(32)26-17-13-19-20(28-21(17)30-4-8-33-9-5-30)29-24(36-19)31-6-10-34-11-7-31/h2-3,12-14H,4-11H2,1H3,(H,26,32). The molecule has 186 valence electrons. The second-order valence-electron chi connectivity index (χ2n) is 8.55. The lowest BCUT2D eigenvalue weighted by atomic mass is 10.2. The van der Waals surface area contributed by atoms with Crippen molar-refractivity contribution in [2.75, 3.05) is 67.7 Å². The molecule has 0 aliphatic carbocycles. The van der Waals surface area contributed by atoms with Crippen LogP contribution in [-0.2, 0) is 9.47 Å². The number of fused-ring (bicyclic) bond motifs is 1. The van der Waals surface area contributed by atoms with E-state index in [9.17, 15) is 4.79 Å². The molecule has 1 N–H and O–H groups in total. The normalized spacial score (nSPS) is 16.5. The van der Waals surface area contributed by atoms with Crippen molar-refractivity contribution in [2.24, 2.45) is 0 Å². The summed E-state index contributed by atoms with van der Waals surface area (Å²) >= 11 is 1.56. The van der Waals surface area contributed by atoms with E-state index in [2.05, 4.69) is 25.1 Å². The molecule has 6 rings (SSSR count). The minimum Gasteiger partial charge on any atom is -0.444 e. The molecule has 11 nitrogen and oxygen atoms in total. The molecule has 4 aromatic rings. The first-order valence-electron chi connectivity index (χ1n) is 11.8. The Balaban J connectivity index is 1.31. The number of morpholine rings is 2. The molecule has 2 fully saturated rings. The van der Waals surface area contributed by atoms with Gasteiger partial charge in [0.2, 0.25) is 5.89 Å². The summed E-state index contributed by atoms with van der Waals surface area (Å²) < 4.78 is 17.5. The highest BCUT2D eigenvalue weighted by atomic mass is 32.1. The number of anilines is 3. The van der Waals surface area contributed by atoms with Gasteiger partial charge >= 0.3 is 0 Å². The Kier molecular flexibility index (Phi) is 6.21. The van der Waals surface area contributed by atoms with Gasteiger partial charge in [-0.25, -0.2) is 9.97 Å². The van der Waals surface area contributed by atoms with Gasteiger partial charge in [-0.1, -0.05) is 11.3 Å². The Bertz CT molecular complexity index is 1390.